The van der Waals surface area contributed by atoms with Crippen molar-refractivity contribution in [3.63, 3.8) is 0 Å². The number of hydrogen-bond acceptors (Lipinski definition) is 18. The van der Waals surface area contributed by atoms with Crippen LogP contribution in [0.15, 0.2) is 139 Å². The minimum Gasteiger partial charge on any atom is -0.462 e. The van der Waals surface area contributed by atoms with E-state index in [0.717, 1.165) is 22.3 Å². The van der Waals surface area contributed by atoms with Crippen molar-refractivity contribution < 1.29 is 84.0 Å². The number of amides is 1. The Labute approximate surface area is 480 Å². The van der Waals surface area contributed by atoms with Gasteiger partial charge in [-0.05, 0) is 55.4 Å². The molecule has 2 saturated heterocycles. The van der Waals surface area contributed by atoms with Crippen LogP contribution in [0, 0.1) is 17.8 Å². The van der Waals surface area contributed by atoms with Crippen molar-refractivity contribution in [1.82, 2.24) is 5.32 Å². The van der Waals surface area contributed by atoms with Crippen LogP contribution in [-0.4, -0.2) is 168 Å². The van der Waals surface area contributed by atoms with Gasteiger partial charge in [0.25, 0.3) is 0 Å². The second kappa shape index (κ2) is 31.8. The molecule has 2 bridgehead atoms. The topological polar surface area (TPSA) is 304 Å². The fourth-order valence-electron chi connectivity index (χ4n) is 11.0. The molecule has 448 valence electrons. The molecule has 5 unspecified atom stereocenters. The van der Waals surface area contributed by atoms with E-state index in [4.69, 9.17) is 23.7 Å². The van der Waals surface area contributed by atoms with Gasteiger partial charge in [0, 0.05) is 49.4 Å². The predicted molar refractivity (Wildman–Crippen MR) is 305 cm³/mol. The summed E-state index contributed by atoms with van der Waals surface area (Å²) in [4.78, 5) is 42.0. The van der Waals surface area contributed by atoms with Gasteiger partial charge < -0.3 is 75.0 Å². The number of aliphatic imine (C=N–C) groups is 1. The van der Waals surface area contributed by atoms with Crippen molar-refractivity contribution in [2.75, 3.05) is 6.61 Å². The van der Waals surface area contributed by atoms with Crippen molar-refractivity contribution >= 4 is 18.1 Å². The molecular weight excluding hydrogens is 1060 g/mol. The molecule has 2 fully saturated rings. The molecule has 19 heteroatoms. The molecule has 6 rings (SSSR count). The monoisotopic (exact) mass is 1140 g/mol. The first-order chi connectivity index (χ1) is 39.2. The summed E-state index contributed by atoms with van der Waals surface area (Å²) in [5.74, 6) is -4.39. The van der Waals surface area contributed by atoms with Gasteiger partial charge in [0.2, 0.25) is 6.08 Å². The number of aliphatic hydroxyl groups excluding tert-OH is 8. The molecule has 0 radical (unpaired) electrons. The van der Waals surface area contributed by atoms with E-state index < -0.39 is 147 Å². The number of rotatable bonds is 6. The van der Waals surface area contributed by atoms with Crippen molar-refractivity contribution in [3.8, 4) is 11.1 Å². The zero-order valence-electron chi connectivity index (χ0n) is 47.3. The Morgan fingerprint density at radius 1 is 0.671 bits per heavy atom. The summed E-state index contributed by atoms with van der Waals surface area (Å²) in [5.41, 5.74) is 4.20. The van der Waals surface area contributed by atoms with E-state index >= 15 is 0 Å². The Morgan fingerprint density at radius 2 is 1.26 bits per heavy atom. The minimum absolute atomic E-state index is 0.0390. The fourth-order valence-corrected chi connectivity index (χ4v) is 11.0. The summed E-state index contributed by atoms with van der Waals surface area (Å²) in [5, 5.41) is 103. The number of allylic oxidation sites excluding steroid dienone is 12. The summed E-state index contributed by atoms with van der Waals surface area (Å²) >= 11 is 0. The van der Waals surface area contributed by atoms with E-state index in [1.165, 1.54) is 6.08 Å². The van der Waals surface area contributed by atoms with Gasteiger partial charge in [0.1, 0.15) is 24.9 Å². The molecule has 4 aliphatic rings. The van der Waals surface area contributed by atoms with E-state index in [9.17, 15) is 60.3 Å². The smallest absolute Gasteiger partial charge is 0.407 e. The second-order valence-electron chi connectivity index (χ2n) is 22.2. The molecule has 1 aliphatic carbocycles. The highest BCUT2D eigenvalue weighted by molar-refractivity contribution is 5.79. The lowest BCUT2D eigenvalue weighted by atomic mass is 9.87. The van der Waals surface area contributed by atoms with Crippen LogP contribution in [0.3, 0.4) is 0 Å². The third-order valence-corrected chi connectivity index (χ3v) is 15.9. The molecular formula is C63H84N2O17. The van der Waals surface area contributed by atoms with Crippen LogP contribution in [0.2, 0.25) is 0 Å². The van der Waals surface area contributed by atoms with Gasteiger partial charge >= 0.3 is 12.1 Å². The number of fused-ring (bicyclic) bond motifs is 5. The number of isocyanates is 1. The average molecular weight is 1140 g/mol. The summed E-state index contributed by atoms with van der Waals surface area (Å²) in [6, 6.07) is 13.7. The van der Waals surface area contributed by atoms with Gasteiger partial charge in [0.15, 0.2) is 12.1 Å². The van der Waals surface area contributed by atoms with E-state index in [1.54, 1.807) is 63.3 Å². The van der Waals surface area contributed by atoms with Crippen molar-refractivity contribution in [3.05, 3.63) is 145 Å². The number of hydrogen-bond donors (Lipinski definition) is 10. The largest absolute Gasteiger partial charge is 0.462 e. The highest BCUT2D eigenvalue weighted by Crippen LogP contribution is 2.45. The standard InChI is InChI=1S/C63H84N2O17/c1-38-22-16-14-12-10-8-6-7-9-11-13-15-17-23-46(81-61-60(75)57(39(2)41(4)80-61)65-62(76)78-36-51-49-26-20-18-24-47(49)48-25-19-21-27-50(48)51)33-55-58(64-37-66)54(72)35-63(77,82-55)34-45(69)31-53(71)52(70)29-28-43(67)30-44(68)32-56(73)79-42(5)40(3)59(38)74/h6-27,38-46,51-55,57-61,67-72,74-75,77H,28-36H2,1-5H3,(H,65,76)/b7-6+,10-8+,11-9+,14-12+,15-13+,22-16+,23-17+/t38-,39?,40-,41?,42-,43+,44+,45-,46-,52+,53+,54-,55-,57?,58+,59+,60?,61?,63+/m0/s1. The third-order valence-electron chi connectivity index (χ3n) is 15.9. The highest BCUT2D eigenvalue weighted by atomic mass is 16.7. The number of alkyl carbamates (subject to hydrolysis) is 1. The lowest BCUT2D eigenvalue weighted by Crippen LogP contribution is -2.61. The quantitative estimate of drug-likeness (QED) is 0.0960. The number of cyclic esters (lactones) is 1. The number of carbonyl (C=O) groups excluding carboxylic acids is 3. The van der Waals surface area contributed by atoms with Gasteiger partial charge in [-0.2, -0.15) is 4.99 Å². The second-order valence-corrected chi connectivity index (χ2v) is 22.2. The number of benzene rings is 2. The Hall–Kier alpha value is -5.74. The summed E-state index contributed by atoms with van der Waals surface area (Å²) in [6.07, 6.45) is 6.80. The number of nitrogens with one attached hydrogen (secondary N) is 1. The zero-order valence-corrected chi connectivity index (χ0v) is 47.3. The maximum atomic E-state index is 13.6. The average Bonchev–Trinajstić information content (AvgIpc) is 3.26. The Bertz CT molecular complexity index is 2580. The van der Waals surface area contributed by atoms with Gasteiger partial charge in [-0.15, -0.1) is 0 Å². The van der Waals surface area contributed by atoms with Crippen LogP contribution in [-0.2, 0) is 33.3 Å². The maximum Gasteiger partial charge on any atom is 0.407 e. The molecule has 0 aromatic heterocycles. The van der Waals surface area contributed by atoms with Crippen LogP contribution >= 0.6 is 0 Å². The lowest BCUT2D eigenvalue weighted by molar-refractivity contribution is -0.299. The van der Waals surface area contributed by atoms with Crippen molar-refractivity contribution in [2.24, 2.45) is 22.7 Å². The van der Waals surface area contributed by atoms with Gasteiger partial charge in [-0.3, -0.25) is 4.79 Å². The first kappa shape index (κ1) is 65.4. The zero-order chi connectivity index (χ0) is 59.5. The fraction of sp³-hybridized carbons (Fsp3) is 0.540. The molecule has 10 N–H and O–H groups in total. The molecule has 3 aliphatic heterocycles. The molecule has 19 nitrogen and oxygen atoms in total. The van der Waals surface area contributed by atoms with E-state index in [2.05, 4.69) is 10.3 Å². The van der Waals surface area contributed by atoms with Crippen LogP contribution in [0.25, 0.3) is 11.1 Å². The number of aliphatic hydroxyl groups is 9. The molecule has 0 spiro atoms. The molecule has 3 heterocycles. The van der Waals surface area contributed by atoms with Crippen molar-refractivity contribution in [2.45, 2.75) is 189 Å². The molecule has 0 saturated carbocycles. The van der Waals surface area contributed by atoms with Gasteiger partial charge in [-0.25, -0.2) is 9.59 Å². The molecule has 2 aromatic rings. The molecule has 2 aromatic carbocycles. The summed E-state index contributed by atoms with van der Waals surface area (Å²) in [7, 11) is 0. The minimum atomic E-state index is -2.28. The van der Waals surface area contributed by atoms with Crippen LogP contribution in [0.5, 0.6) is 0 Å². The van der Waals surface area contributed by atoms with E-state index in [-0.39, 0.29) is 44.1 Å². The molecule has 1 amide bonds. The SMILES string of the molecule is CC1OC(O[C@H]2/C=C/C=C/C=C/C=C/C=C/C=C/C=C/[C@H](C)[C@@H](O)[C@@H](C)[C@H](C)OC(=O)C[C@H](O)C[C@H](O)CC[C@@H](O)[C@H](O)C[C@H](O)C[C@]3(O)C[C@H](O)[C@@H](N=C=O)[C@H](C2)O3)C(O)C(NC(=O)OCC2c3ccccc3-c3ccccc32)C1C. The van der Waals surface area contributed by atoms with Gasteiger partial charge in [-0.1, -0.05) is 154 Å². The Morgan fingerprint density at radius 3 is 1.87 bits per heavy atom. The van der Waals surface area contributed by atoms with Gasteiger partial charge in [0.05, 0.1) is 73.5 Å². The normalized spacial score (nSPS) is 38.8. The highest BCUT2D eigenvalue weighted by Gasteiger charge is 2.49. The Balaban J connectivity index is 1.19. The van der Waals surface area contributed by atoms with Crippen LogP contribution in [0.4, 0.5) is 4.79 Å². The molecule has 19 atom stereocenters. The summed E-state index contributed by atoms with van der Waals surface area (Å²) < 4.78 is 30.2. The number of nitrogens with zero attached hydrogens (tertiary/aromatic N) is 1. The first-order valence-electron chi connectivity index (χ1n) is 28.4. The number of esters is 1. The lowest BCUT2D eigenvalue weighted by Gasteiger charge is -2.45. The number of carbonyl (C=O) groups is 2. The predicted octanol–water partition coefficient (Wildman–Crippen LogP) is 5.57. The number of ether oxygens (including phenoxy) is 5. The van der Waals surface area contributed by atoms with Crippen LogP contribution < -0.4 is 5.32 Å². The third kappa shape index (κ3) is 18.9. The maximum absolute atomic E-state index is 13.6. The van der Waals surface area contributed by atoms with Crippen molar-refractivity contribution in [1.29, 1.82) is 0 Å². The van der Waals surface area contributed by atoms with E-state index in [0.29, 0.717) is 0 Å². The molecule has 82 heavy (non-hydrogen) atoms. The van der Waals surface area contributed by atoms with E-state index in [1.807, 2.05) is 105 Å². The Kier molecular flexibility index (Phi) is 25.4. The van der Waals surface area contributed by atoms with Crippen LogP contribution in [0.1, 0.15) is 103 Å². The summed E-state index contributed by atoms with van der Waals surface area (Å²) in [6.45, 7) is 8.85. The first-order valence-corrected chi connectivity index (χ1v) is 28.4.